The summed E-state index contributed by atoms with van der Waals surface area (Å²) in [5, 5.41) is 13.5. The number of hydrogen-bond donors (Lipinski definition) is 2. The van der Waals surface area contributed by atoms with Crippen LogP contribution in [0.2, 0.25) is 0 Å². The van der Waals surface area contributed by atoms with Crippen LogP contribution in [0.1, 0.15) is 47.2 Å². The lowest BCUT2D eigenvalue weighted by Gasteiger charge is -2.51. The molecule has 1 saturated heterocycles. The first-order chi connectivity index (χ1) is 20.1. The normalized spacial score (nSPS) is 24.3. The van der Waals surface area contributed by atoms with Crippen LogP contribution in [-0.2, 0) is 4.79 Å². The van der Waals surface area contributed by atoms with Gasteiger partial charge in [0.1, 0.15) is 5.82 Å². The van der Waals surface area contributed by atoms with Crippen molar-refractivity contribution in [1.82, 2.24) is 15.3 Å². The van der Waals surface area contributed by atoms with Crippen molar-refractivity contribution < 1.29 is 41.4 Å². The van der Waals surface area contributed by atoms with Crippen molar-refractivity contribution in [2.75, 3.05) is 18.0 Å². The van der Waals surface area contributed by atoms with E-state index < -0.39 is 54.1 Å². The van der Waals surface area contributed by atoms with E-state index in [9.17, 15) is 36.6 Å². The zero-order valence-electron chi connectivity index (χ0n) is 22.6. The van der Waals surface area contributed by atoms with Crippen molar-refractivity contribution in [1.29, 1.82) is 0 Å². The number of benzene rings is 1. The molecule has 4 aliphatic rings. The standard InChI is InChI=1S/C29H24BrF5N4O4/c1-15-21(18-11-16(30)4-5-20(18)37-22(15)39-13-28(31,32)14-39)23(40)38-27-8-6-26(7-9-27,25(41)42)12-19(27)17-3-2-10-36-24(17)43-29(33,34)35/h2-5,10-12H,6-9,13-14H2,1H3,(H,38,40)(H,41,42). The van der Waals surface area contributed by atoms with E-state index in [-0.39, 0.29) is 48.2 Å². The summed E-state index contributed by atoms with van der Waals surface area (Å²) in [7, 11) is 0. The number of fused-ring (bicyclic) bond motifs is 3. The SMILES string of the molecule is Cc1c(N2CC(F)(F)C2)nc2ccc(Br)cc2c1C(=O)NC12CCC(C(=O)O)(C=C1c1cccnc1OC(F)(F)F)CC2. The van der Waals surface area contributed by atoms with E-state index in [1.165, 1.54) is 23.1 Å². The van der Waals surface area contributed by atoms with E-state index in [2.05, 4.69) is 36.0 Å². The number of pyridine rings is 2. The fraction of sp³-hybridized carbons (Fsp3) is 0.379. The van der Waals surface area contributed by atoms with Gasteiger partial charge in [0.25, 0.3) is 11.8 Å². The Morgan fingerprint density at radius 1 is 1.12 bits per heavy atom. The number of hydrogen-bond acceptors (Lipinski definition) is 6. The molecule has 0 atom stereocenters. The van der Waals surface area contributed by atoms with E-state index in [1.807, 2.05) is 0 Å². The van der Waals surface area contributed by atoms with Gasteiger partial charge in [0, 0.05) is 27.2 Å². The maximum absolute atomic E-state index is 14.3. The van der Waals surface area contributed by atoms with Gasteiger partial charge >= 0.3 is 12.3 Å². The topological polar surface area (TPSA) is 105 Å². The van der Waals surface area contributed by atoms with Crippen LogP contribution in [-0.4, -0.2) is 57.9 Å². The first kappa shape index (κ1) is 29.3. The van der Waals surface area contributed by atoms with Crippen molar-refractivity contribution in [3.63, 3.8) is 0 Å². The Balaban J connectivity index is 1.47. The lowest BCUT2D eigenvalue weighted by Crippen LogP contribution is -2.58. The predicted octanol–water partition coefficient (Wildman–Crippen LogP) is 6.27. The molecule has 14 heteroatoms. The molecule has 7 rings (SSSR count). The summed E-state index contributed by atoms with van der Waals surface area (Å²) in [6.07, 6.45) is -2.03. The Hall–Kier alpha value is -3.81. The zero-order valence-corrected chi connectivity index (χ0v) is 24.2. The van der Waals surface area contributed by atoms with E-state index >= 15 is 0 Å². The van der Waals surface area contributed by atoms with Crippen LogP contribution < -0.4 is 15.0 Å². The van der Waals surface area contributed by atoms with Crippen LogP contribution in [0.25, 0.3) is 16.5 Å². The maximum atomic E-state index is 14.3. The molecular formula is C29H24BrF5N4O4. The van der Waals surface area contributed by atoms with Crippen molar-refractivity contribution >= 4 is 50.1 Å². The van der Waals surface area contributed by atoms with Gasteiger partial charge in [-0.15, -0.1) is 13.2 Å². The molecule has 43 heavy (non-hydrogen) atoms. The molecular weight excluding hydrogens is 643 g/mol. The van der Waals surface area contributed by atoms with Gasteiger partial charge in [0.2, 0.25) is 5.88 Å². The molecule has 1 saturated carbocycles. The number of carbonyl (C=O) groups is 2. The molecule has 2 aromatic heterocycles. The molecule has 2 fully saturated rings. The Labute approximate surface area is 250 Å². The second-order valence-corrected chi connectivity index (χ2v) is 12.2. The molecule has 1 aromatic carbocycles. The number of ether oxygens (including phenoxy) is 1. The van der Waals surface area contributed by atoms with Gasteiger partial charge in [-0.1, -0.05) is 22.0 Å². The summed E-state index contributed by atoms with van der Waals surface area (Å²) in [6, 6.07) is 7.78. The number of alkyl halides is 5. The number of carboxylic acid groups (broad SMARTS) is 1. The van der Waals surface area contributed by atoms with Crippen molar-refractivity contribution in [3.8, 4) is 5.88 Å². The van der Waals surface area contributed by atoms with E-state index in [0.717, 1.165) is 6.20 Å². The number of anilines is 1. The highest BCUT2D eigenvalue weighted by Gasteiger charge is 2.55. The van der Waals surface area contributed by atoms with Gasteiger partial charge in [0.15, 0.2) is 0 Å². The summed E-state index contributed by atoms with van der Waals surface area (Å²) < 4.78 is 72.3. The first-order valence-corrected chi connectivity index (χ1v) is 14.1. The van der Waals surface area contributed by atoms with Gasteiger partial charge in [-0.05, 0) is 68.5 Å². The summed E-state index contributed by atoms with van der Waals surface area (Å²) in [5.74, 6) is -5.15. The van der Waals surface area contributed by atoms with Gasteiger partial charge in [0.05, 0.1) is 35.1 Å². The molecule has 8 nitrogen and oxygen atoms in total. The Kier molecular flexibility index (Phi) is 6.71. The molecule has 1 amide bonds. The molecule has 2 bridgehead atoms. The quantitative estimate of drug-likeness (QED) is 0.299. The van der Waals surface area contributed by atoms with Gasteiger partial charge < -0.3 is 20.1 Å². The average molecular weight is 667 g/mol. The monoisotopic (exact) mass is 666 g/mol. The third-order valence-electron chi connectivity index (χ3n) is 8.52. The average Bonchev–Trinajstić information content (AvgIpc) is 2.91. The number of aromatic nitrogens is 2. The molecule has 0 spiro atoms. The summed E-state index contributed by atoms with van der Waals surface area (Å²) in [4.78, 5) is 36.3. The Morgan fingerprint density at radius 3 is 2.44 bits per heavy atom. The molecule has 1 aliphatic heterocycles. The van der Waals surface area contributed by atoms with Gasteiger partial charge in [-0.2, -0.15) is 0 Å². The van der Waals surface area contributed by atoms with Crippen LogP contribution in [0, 0.1) is 12.3 Å². The molecule has 0 radical (unpaired) electrons. The smallest absolute Gasteiger partial charge is 0.481 e. The third-order valence-corrected chi connectivity index (χ3v) is 9.01. The summed E-state index contributed by atoms with van der Waals surface area (Å²) in [6.45, 7) is 0.498. The molecule has 226 valence electrons. The van der Waals surface area contributed by atoms with Crippen LogP contribution in [0.5, 0.6) is 5.88 Å². The predicted molar refractivity (Wildman–Crippen MR) is 149 cm³/mol. The fourth-order valence-electron chi connectivity index (χ4n) is 6.40. The fourth-order valence-corrected chi connectivity index (χ4v) is 6.76. The zero-order chi connectivity index (χ0) is 30.9. The van der Waals surface area contributed by atoms with Crippen molar-refractivity contribution in [2.45, 2.75) is 50.4 Å². The van der Waals surface area contributed by atoms with Crippen LogP contribution >= 0.6 is 15.9 Å². The largest absolute Gasteiger partial charge is 0.574 e. The Morgan fingerprint density at radius 2 is 1.81 bits per heavy atom. The lowest BCUT2D eigenvalue weighted by atomic mass is 9.57. The number of nitrogens with zero attached hydrogens (tertiary/aromatic N) is 3. The molecule has 2 N–H and O–H groups in total. The van der Waals surface area contributed by atoms with Crippen molar-refractivity contribution in [3.05, 3.63) is 63.8 Å². The molecule has 3 heterocycles. The number of aliphatic carboxylic acids is 1. The minimum absolute atomic E-state index is 0.0901. The van der Waals surface area contributed by atoms with Crippen LogP contribution in [0.15, 0.2) is 47.1 Å². The van der Waals surface area contributed by atoms with E-state index in [0.29, 0.717) is 20.9 Å². The van der Waals surface area contributed by atoms with E-state index in [4.69, 9.17) is 0 Å². The first-order valence-electron chi connectivity index (χ1n) is 13.4. The second kappa shape index (κ2) is 9.86. The molecule has 0 unspecified atom stereocenters. The number of carbonyl (C=O) groups excluding carboxylic acids is 1. The highest BCUT2D eigenvalue weighted by Crippen LogP contribution is 2.55. The highest BCUT2D eigenvalue weighted by molar-refractivity contribution is 9.10. The summed E-state index contributed by atoms with van der Waals surface area (Å²) >= 11 is 3.40. The lowest BCUT2D eigenvalue weighted by molar-refractivity contribution is -0.276. The minimum atomic E-state index is -5.07. The van der Waals surface area contributed by atoms with Gasteiger partial charge in [-0.3, -0.25) is 9.59 Å². The Bertz CT molecular complexity index is 1690. The number of rotatable bonds is 6. The maximum Gasteiger partial charge on any atom is 0.574 e. The number of halogens is 6. The minimum Gasteiger partial charge on any atom is -0.481 e. The van der Waals surface area contributed by atoms with E-state index in [1.54, 1.807) is 25.1 Å². The highest BCUT2D eigenvalue weighted by atomic mass is 79.9. The van der Waals surface area contributed by atoms with Crippen molar-refractivity contribution in [2.24, 2.45) is 5.41 Å². The summed E-state index contributed by atoms with van der Waals surface area (Å²) in [5.41, 5.74) is -1.62. The number of carboxylic acids is 1. The molecule has 3 aliphatic carbocycles. The number of nitrogens with one attached hydrogen (secondary N) is 1. The van der Waals surface area contributed by atoms with Crippen LogP contribution in [0.4, 0.5) is 27.8 Å². The number of amides is 1. The molecule has 3 aromatic rings. The third kappa shape index (κ3) is 5.08. The van der Waals surface area contributed by atoms with Crippen LogP contribution in [0.3, 0.4) is 0 Å². The van der Waals surface area contributed by atoms with Gasteiger partial charge in [-0.25, -0.2) is 18.7 Å². The second-order valence-electron chi connectivity index (χ2n) is 11.3.